The molecule has 24 heavy (non-hydrogen) atoms. The Hall–Kier alpha value is -2.34. The van der Waals surface area contributed by atoms with Gasteiger partial charge in [0.2, 0.25) is 0 Å². The van der Waals surface area contributed by atoms with Gasteiger partial charge in [0.25, 0.3) is 0 Å². The van der Waals surface area contributed by atoms with Gasteiger partial charge in [0, 0.05) is 30.5 Å². The molecule has 130 valence electrons. The summed E-state index contributed by atoms with van der Waals surface area (Å²) in [5.74, 6) is 0. The molecule has 1 aromatic carbocycles. The van der Waals surface area contributed by atoms with Gasteiger partial charge in [-0.15, -0.1) is 0 Å². The Kier molecular flexibility index (Phi) is 6.81. The number of aliphatic imine (C=N–C) groups is 1. The van der Waals surface area contributed by atoms with E-state index in [2.05, 4.69) is 10.6 Å². The molecule has 1 fully saturated rings. The lowest BCUT2D eigenvalue weighted by Gasteiger charge is -2.08. The van der Waals surface area contributed by atoms with Crippen molar-refractivity contribution in [3.8, 4) is 0 Å². The lowest BCUT2D eigenvalue weighted by atomic mass is 10.1. The van der Waals surface area contributed by atoms with Crippen molar-refractivity contribution in [2.45, 2.75) is 38.6 Å². The third-order valence-corrected chi connectivity index (χ3v) is 3.79. The van der Waals surface area contributed by atoms with Crippen molar-refractivity contribution in [1.82, 2.24) is 10.6 Å². The van der Waals surface area contributed by atoms with E-state index in [4.69, 9.17) is 15.8 Å². The van der Waals surface area contributed by atoms with Crippen LogP contribution in [0.4, 0.5) is 10.5 Å². The summed E-state index contributed by atoms with van der Waals surface area (Å²) >= 11 is 0. The summed E-state index contributed by atoms with van der Waals surface area (Å²) in [5.41, 5.74) is 9.73. The number of rotatable bonds is 9. The minimum absolute atomic E-state index is 0.399. The molecule has 1 aliphatic rings. The third-order valence-electron chi connectivity index (χ3n) is 3.79. The van der Waals surface area contributed by atoms with Crippen LogP contribution >= 0.6 is 0 Å². The van der Waals surface area contributed by atoms with Crippen LogP contribution in [0.2, 0.25) is 0 Å². The number of hydrogen-bond donors (Lipinski definition) is 4. The number of hydrogen-bond acceptors (Lipinski definition) is 4. The van der Waals surface area contributed by atoms with Crippen molar-refractivity contribution in [1.29, 1.82) is 0 Å². The predicted octanol–water partition coefficient (Wildman–Crippen LogP) is 2.71. The van der Waals surface area contributed by atoms with Gasteiger partial charge >= 0.3 is 6.09 Å². The van der Waals surface area contributed by atoms with Crippen molar-refractivity contribution in [2.24, 2.45) is 10.7 Å². The van der Waals surface area contributed by atoms with Gasteiger partial charge in [-0.05, 0) is 50.3 Å². The summed E-state index contributed by atoms with van der Waals surface area (Å²) in [6, 6.07) is 8.53. The number of amides is 1. The molecule has 0 spiro atoms. The lowest BCUT2D eigenvalue weighted by molar-refractivity contribution is 0.194. The number of nitrogens with one attached hydrogen (secondary N) is 2. The molecule has 6 nitrogen and oxygen atoms in total. The van der Waals surface area contributed by atoms with Gasteiger partial charge in [-0.2, -0.15) is 0 Å². The highest BCUT2D eigenvalue weighted by molar-refractivity contribution is 5.97. The molecule has 0 radical (unpaired) electrons. The van der Waals surface area contributed by atoms with Crippen LogP contribution in [0.25, 0.3) is 0 Å². The van der Waals surface area contributed by atoms with Crippen LogP contribution in [0.1, 0.15) is 31.2 Å². The highest BCUT2D eigenvalue weighted by Gasteiger charge is 2.19. The van der Waals surface area contributed by atoms with Crippen LogP contribution in [0.15, 0.2) is 41.0 Å². The second-order valence-electron chi connectivity index (χ2n) is 6.10. The zero-order chi connectivity index (χ0) is 17.4. The van der Waals surface area contributed by atoms with Crippen LogP contribution in [0, 0.1) is 6.92 Å². The standard InChI is InChI=1S/C18H26N4O2/c1-13-5-2-3-7-17(13)22-16(6-4-10-20-18(23)24)11-14(19)12-21-15-8-9-15/h2-3,5,7,11,15,20-21H,4,6,8-10,12,19H2,1H3,(H,23,24). The minimum Gasteiger partial charge on any atom is -0.465 e. The summed E-state index contributed by atoms with van der Waals surface area (Å²) < 4.78 is 0. The van der Waals surface area contributed by atoms with E-state index in [0.717, 1.165) is 22.7 Å². The molecule has 1 aliphatic carbocycles. The molecule has 5 N–H and O–H groups in total. The molecular weight excluding hydrogens is 304 g/mol. The van der Waals surface area contributed by atoms with Crippen LogP contribution in [-0.4, -0.2) is 36.0 Å². The lowest BCUT2D eigenvalue weighted by Crippen LogP contribution is -2.24. The fourth-order valence-corrected chi connectivity index (χ4v) is 2.28. The first kappa shape index (κ1) is 18.0. The largest absolute Gasteiger partial charge is 0.465 e. The Labute approximate surface area is 142 Å². The van der Waals surface area contributed by atoms with Crippen molar-refractivity contribution in [3.05, 3.63) is 41.6 Å². The molecule has 6 heteroatoms. The Bertz CT molecular complexity index is 621. The summed E-state index contributed by atoms with van der Waals surface area (Å²) in [4.78, 5) is 15.2. The average Bonchev–Trinajstić information content (AvgIpc) is 3.35. The highest BCUT2D eigenvalue weighted by Crippen LogP contribution is 2.19. The first-order chi connectivity index (χ1) is 11.5. The van der Waals surface area contributed by atoms with Crippen LogP contribution in [0.3, 0.4) is 0 Å². The number of carbonyl (C=O) groups is 1. The predicted molar refractivity (Wildman–Crippen MR) is 96.8 cm³/mol. The summed E-state index contributed by atoms with van der Waals surface area (Å²) in [6.45, 7) is 3.07. The molecule has 1 amide bonds. The number of nitrogens with two attached hydrogens (primary N) is 1. The number of allylic oxidation sites excluding steroid dienone is 1. The normalized spacial score (nSPS) is 15.4. The molecule has 1 aromatic rings. The van der Waals surface area contributed by atoms with Gasteiger partial charge in [0.05, 0.1) is 5.69 Å². The van der Waals surface area contributed by atoms with E-state index in [0.29, 0.717) is 32.0 Å². The molecule has 2 rings (SSSR count). The molecule has 0 bridgehead atoms. The number of nitrogens with zero attached hydrogens (tertiary/aromatic N) is 1. The number of carboxylic acid groups (broad SMARTS) is 1. The van der Waals surface area contributed by atoms with E-state index >= 15 is 0 Å². The maximum atomic E-state index is 10.5. The molecule has 0 aliphatic heterocycles. The van der Waals surface area contributed by atoms with Crippen LogP contribution in [0.5, 0.6) is 0 Å². The van der Waals surface area contributed by atoms with E-state index < -0.39 is 6.09 Å². The molecular formula is C18H26N4O2. The second kappa shape index (κ2) is 9.08. The fourth-order valence-electron chi connectivity index (χ4n) is 2.28. The highest BCUT2D eigenvalue weighted by atomic mass is 16.4. The van der Waals surface area contributed by atoms with Gasteiger partial charge in [-0.25, -0.2) is 4.79 Å². The summed E-state index contributed by atoms with van der Waals surface area (Å²) in [6.07, 6.45) is 4.69. The van der Waals surface area contributed by atoms with E-state index in [1.165, 1.54) is 12.8 Å². The Balaban J connectivity index is 2.03. The van der Waals surface area contributed by atoms with Crippen LogP contribution < -0.4 is 16.4 Å². The zero-order valence-corrected chi connectivity index (χ0v) is 14.1. The minimum atomic E-state index is -1.00. The SMILES string of the molecule is Cc1ccccc1N=C(C=C(N)CNC1CC1)CCCNC(=O)O. The first-order valence-electron chi connectivity index (χ1n) is 8.34. The molecule has 0 saturated heterocycles. The quantitative estimate of drug-likeness (QED) is 0.413. The smallest absolute Gasteiger partial charge is 0.404 e. The molecule has 0 heterocycles. The van der Waals surface area contributed by atoms with E-state index in [1.54, 1.807) is 0 Å². The van der Waals surface area contributed by atoms with Crippen molar-refractivity contribution in [2.75, 3.05) is 13.1 Å². The Morgan fingerprint density at radius 3 is 2.83 bits per heavy atom. The first-order valence-corrected chi connectivity index (χ1v) is 8.34. The number of para-hydroxylation sites is 1. The van der Waals surface area contributed by atoms with Crippen molar-refractivity contribution in [3.63, 3.8) is 0 Å². The molecule has 1 saturated carbocycles. The Morgan fingerprint density at radius 1 is 1.42 bits per heavy atom. The molecule has 0 aromatic heterocycles. The van der Waals surface area contributed by atoms with Gasteiger partial charge in [0.15, 0.2) is 0 Å². The van der Waals surface area contributed by atoms with Gasteiger partial charge in [0.1, 0.15) is 0 Å². The number of aryl methyl sites for hydroxylation is 1. The van der Waals surface area contributed by atoms with Crippen molar-refractivity contribution >= 4 is 17.5 Å². The maximum absolute atomic E-state index is 10.5. The average molecular weight is 330 g/mol. The third kappa shape index (κ3) is 6.83. The maximum Gasteiger partial charge on any atom is 0.404 e. The van der Waals surface area contributed by atoms with Gasteiger partial charge in [-0.1, -0.05) is 18.2 Å². The van der Waals surface area contributed by atoms with E-state index in [1.807, 2.05) is 37.3 Å². The summed E-state index contributed by atoms with van der Waals surface area (Å²) in [7, 11) is 0. The van der Waals surface area contributed by atoms with Gasteiger partial charge in [-0.3, -0.25) is 4.99 Å². The fraction of sp³-hybridized carbons (Fsp3) is 0.444. The van der Waals surface area contributed by atoms with Crippen LogP contribution in [-0.2, 0) is 0 Å². The summed E-state index contributed by atoms with van der Waals surface area (Å²) in [5, 5.41) is 14.4. The number of benzene rings is 1. The monoisotopic (exact) mass is 330 g/mol. The second-order valence-corrected chi connectivity index (χ2v) is 6.10. The Morgan fingerprint density at radius 2 is 2.17 bits per heavy atom. The topological polar surface area (TPSA) is 99.7 Å². The zero-order valence-electron chi connectivity index (χ0n) is 14.1. The molecule has 0 atom stereocenters. The van der Waals surface area contributed by atoms with Gasteiger partial charge < -0.3 is 21.5 Å². The van der Waals surface area contributed by atoms with Crippen molar-refractivity contribution < 1.29 is 9.90 Å². The van der Waals surface area contributed by atoms with E-state index in [-0.39, 0.29) is 0 Å². The molecule has 0 unspecified atom stereocenters. The van der Waals surface area contributed by atoms with E-state index in [9.17, 15) is 4.79 Å².